The van der Waals surface area contributed by atoms with Gasteiger partial charge in [-0.05, 0) is 56.5 Å². The molecule has 1 N–H and O–H groups in total. The lowest BCUT2D eigenvalue weighted by Gasteiger charge is -2.64. The highest BCUT2D eigenvalue weighted by atomic mass is 32.2. The van der Waals surface area contributed by atoms with E-state index in [1.807, 2.05) is 36.4 Å². The summed E-state index contributed by atoms with van der Waals surface area (Å²) in [7, 11) is 1.78. The summed E-state index contributed by atoms with van der Waals surface area (Å²) < 4.78 is 40.9. The average Bonchev–Trinajstić information content (AvgIpc) is 3.17. The number of ether oxygens (including phenoxy) is 2. The van der Waals surface area contributed by atoms with Gasteiger partial charge in [0.15, 0.2) is 11.5 Å². The van der Waals surface area contributed by atoms with Gasteiger partial charge in [0.05, 0.1) is 29.9 Å². The van der Waals surface area contributed by atoms with E-state index in [9.17, 15) is 13.5 Å². The second kappa shape index (κ2) is 7.43. The molecule has 8 heteroatoms. The first-order valence-electron chi connectivity index (χ1n) is 12.0. The molecule has 7 nitrogen and oxygen atoms in total. The maximum Gasteiger partial charge on any atom is 0.218 e. The number of hydrogen-bond acceptors (Lipinski definition) is 6. The molecule has 2 fully saturated rings. The van der Waals surface area contributed by atoms with Crippen LogP contribution in [0.3, 0.4) is 0 Å². The fraction of sp³-hybridized carbons (Fsp3) is 0.538. The van der Waals surface area contributed by atoms with Crippen LogP contribution in [0.4, 0.5) is 0 Å². The van der Waals surface area contributed by atoms with Crippen molar-refractivity contribution in [2.75, 3.05) is 27.7 Å². The first-order chi connectivity index (χ1) is 16.2. The van der Waals surface area contributed by atoms with Gasteiger partial charge < -0.3 is 19.5 Å². The SMILES string of the molecule is COc1ccc2c3c1O[C@H]1[C@H](N(C)S(=O)(=O)Cc4ccccc4)CC[C@@]4(O)[C@@H](C2)N(C)CC[C@]314. The van der Waals surface area contributed by atoms with Crippen molar-refractivity contribution < 1.29 is 23.0 Å². The van der Waals surface area contributed by atoms with Crippen molar-refractivity contribution in [3.8, 4) is 11.5 Å². The van der Waals surface area contributed by atoms with Gasteiger partial charge in [-0.1, -0.05) is 36.4 Å². The Hall–Kier alpha value is -2.13. The van der Waals surface area contributed by atoms with Gasteiger partial charge in [0.1, 0.15) is 6.10 Å². The van der Waals surface area contributed by atoms with Gasteiger partial charge in [-0.2, -0.15) is 4.31 Å². The Morgan fingerprint density at radius 1 is 1.21 bits per heavy atom. The van der Waals surface area contributed by atoms with E-state index in [4.69, 9.17) is 9.47 Å². The van der Waals surface area contributed by atoms with Crippen LogP contribution in [0.15, 0.2) is 42.5 Å². The number of methoxy groups -OCH3 is 1. The molecule has 2 aromatic carbocycles. The van der Waals surface area contributed by atoms with Crippen LogP contribution in [0.2, 0.25) is 0 Å². The Balaban J connectivity index is 1.46. The number of hydrogen-bond donors (Lipinski definition) is 1. The molecule has 1 spiro atoms. The van der Waals surface area contributed by atoms with E-state index in [-0.39, 0.29) is 17.8 Å². The summed E-state index contributed by atoms with van der Waals surface area (Å²) in [6.07, 6.45) is 2.09. The Bertz CT molecular complexity index is 1240. The molecule has 6 rings (SSSR count). The molecule has 34 heavy (non-hydrogen) atoms. The first-order valence-corrected chi connectivity index (χ1v) is 13.6. The van der Waals surface area contributed by atoms with Gasteiger partial charge in [0, 0.05) is 18.7 Å². The molecule has 4 aliphatic rings. The number of nitrogens with zero attached hydrogens (tertiary/aromatic N) is 2. The summed E-state index contributed by atoms with van der Waals surface area (Å²) in [5, 5.41) is 12.4. The van der Waals surface area contributed by atoms with Gasteiger partial charge in [-0.15, -0.1) is 0 Å². The van der Waals surface area contributed by atoms with Crippen LogP contribution in [0.25, 0.3) is 0 Å². The van der Waals surface area contributed by atoms with Gasteiger partial charge >= 0.3 is 0 Å². The monoisotopic (exact) mass is 484 g/mol. The zero-order valence-corrected chi connectivity index (χ0v) is 20.7. The third-order valence-corrected chi connectivity index (χ3v) is 10.8. The van der Waals surface area contributed by atoms with E-state index in [2.05, 4.69) is 18.0 Å². The molecule has 2 aromatic rings. The Morgan fingerprint density at radius 3 is 2.71 bits per heavy atom. The predicted molar refractivity (Wildman–Crippen MR) is 129 cm³/mol. The van der Waals surface area contributed by atoms with E-state index >= 15 is 0 Å². The molecule has 182 valence electrons. The van der Waals surface area contributed by atoms with Crippen molar-refractivity contribution in [2.45, 2.75) is 60.6 Å². The molecule has 1 saturated heterocycles. The number of likely N-dealkylation sites (N-methyl/N-ethyl adjacent to an activating group) is 2. The van der Waals surface area contributed by atoms with Gasteiger partial charge in [-0.25, -0.2) is 8.42 Å². The van der Waals surface area contributed by atoms with Gasteiger partial charge in [-0.3, -0.25) is 0 Å². The normalized spacial score (nSPS) is 34.0. The number of rotatable bonds is 5. The van der Waals surface area contributed by atoms with E-state index in [1.54, 1.807) is 14.2 Å². The maximum absolute atomic E-state index is 13.5. The topological polar surface area (TPSA) is 79.3 Å². The maximum atomic E-state index is 13.5. The quantitative estimate of drug-likeness (QED) is 0.702. The van der Waals surface area contributed by atoms with E-state index in [0.717, 1.165) is 30.5 Å². The van der Waals surface area contributed by atoms with Crippen molar-refractivity contribution in [3.63, 3.8) is 0 Å². The van der Waals surface area contributed by atoms with Gasteiger partial charge in [0.25, 0.3) is 0 Å². The summed E-state index contributed by atoms with van der Waals surface area (Å²) >= 11 is 0. The highest BCUT2D eigenvalue weighted by Crippen LogP contribution is 2.65. The van der Waals surface area contributed by atoms with Gasteiger partial charge in [0.2, 0.25) is 10.0 Å². The zero-order valence-electron chi connectivity index (χ0n) is 19.9. The van der Waals surface area contributed by atoms with Crippen LogP contribution in [0, 0.1) is 0 Å². The number of benzene rings is 2. The summed E-state index contributed by atoms with van der Waals surface area (Å²) in [5.74, 6) is 1.28. The smallest absolute Gasteiger partial charge is 0.218 e. The highest BCUT2D eigenvalue weighted by Gasteiger charge is 2.73. The molecular formula is C26H32N2O5S. The van der Waals surface area contributed by atoms with Crippen LogP contribution >= 0.6 is 0 Å². The van der Waals surface area contributed by atoms with Crippen molar-refractivity contribution in [3.05, 3.63) is 59.2 Å². The van der Waals surface area contributed by atoms with E-state index in [1.165, 1.54) is 9.87 Å². The fourth-order valence-corrected chi connectivity index (χ4v) is 8.79. The summed E-state index contributed by atoms with van der Waals surface area (Å²) in [6, 6.07) is 12.9. The molecule has 2 heterocycles. The van der Waals surface area contributed by atoms with Crippen LogP contribution in [-0.4, -0.2) is 74.3 Å². The van der Waals surface area contributed by atoms with Crippen LogP contribution in [0.5, 0.6) is 11.5 Å². The molecule has 2 aliphatic heterocycles. The lowest BCUT2D eigenvalue weighted by molar-refractivity contribution is -0.191. The number of piperidine rings is 1. The minimum absolute atomic E-state index is 0.0219. The van der Waals surface area contributed by atoms with Crippen molar-refractivity contribution in [1.82, 2.24) is 9.21 Å². The third kappa shape index (κ3) is 2.77. The first kappa shape index (κ1) is 22.3. The van der Waals surface area contributed by atoms with E-state index < -0.39 is 27.1 Å². The summed E-state index contributed by atoms with van der Waals surface area (Å²) in [6.45, 7) is 0.829. The second-order valence-corrected chi connectivity index (χ2v) is 12.4. The number of aliphatic hydroxyl groups is 1. The summed E-state index contributed by atoms with van der Waals surface area (Å²) in [5.41, 5.74) is 1.35. The molecule has 0 amide bonds. The van der Waals surface area contributed by atoms with Crippen molar-refractivity contribution in [1.29, 1.82) is 0 Å². The van der Waals surface area contributed by atoms with Crippen molar-refractivity contribution >= 4 is 10.0 Å². The number of likely N-dealkylation sites (tertiary alicyclic amines) is 1. The number of sulfonamides is 1. The average molecular weight is 485 g/mol. The summed E-state index contributed by atoms with van der Waals surface area (Å²) in [4.78, 5) is 2.27. The standard InChI is InChI=1S/C26H32N2O5S/c1-27-14-13-25-22-18-9-10-20(32-3)23(22)33-24(25)19(11-12-26(25,29)21(27)15-18)28(2)34(30,31)16-17-7-5-4-6-8-17/h4-10,19,21,24,29H,11-16H2,1-3H3/t19-,21-,24+,25+,26-/m1/s1. The Morgan fingerprint density at radius 2 is 1.97 bits per heavy atom. The Labute approximate surface area is 201 Å². The molecular weight excluding hydrogens is 452 g/mol. The molecule has 1 saturated carbocycles. The highest BCUT2D eigenvalue weighted by molar-refractivity contribution is 7.88. The minimum Gasteiger partial charge on any atom is -0.493 e. The molecule has 5 atom stereocenters. The Kier molecular flexibility index (Phi) is 4.88. The van der Waals surface area contributed by atoms with E-state index in [0.29, 0.717) is 24.3 Å². The van der Waals surface area contributed by atoms with Crippen LogP contribution in [-0.2, 0) is 27.6 Å². The van der Waals surface area contributed by atoms with Crippen molar-refractivity contribution in [2.24, 2.45) is 0 Å². The largest absolute Gasteiger partial charge is 0.493 e. The predicted octanol–water partition coefficient (Wildman–Crippen LogP) is 2.31. The molecule has 0 aromatic heterocycles. The lowest BCUT2D eigenvalue weighted by Crippen LogP contribution is -2.77. The minimum atomic E-state index is -3.60. The molecule has 0 unspecified atom stereocenters. The molecule has 2 bridgehead atoms. The fourth-order valence-electron chi connectivity index (χ4n) is 7.34. The zero-order chi connectivity index (χ0) is 23.9. The molecule has 2 aliphatic carbocycles. The lowest BCUT2D eigenvalue weighted by atomic mass is 9.48. The molecule has 0 radical (unpaired) electrons. The third-order valence-electron chi connectivity index (χ3n) is 9.00. The second-order valence-electron chi connectivity index (χ2n) is 10.4. The van der Waals surface area contributed by atoms with Crippen LogP contribution in [0.1, 0.15) is 36.0 Å². The van der Waals surface area contributed by atoms with Crippen LogP contribution < -0.4 is 9.47 Å².